The molecule has 5 nitrogen and oxygen atoms in total. The van der Waals surface area contributed by atoms with Crippen molar-refractivity contribution in [3.63, 3.8) is 0 Å². The van der Waals surface area contributed by atoms with Crippen LogP contribution in [0.1, 0.15) is 51.6 Å². The highest BCUT2D eigenvalue weighted by molar-refractivity contribution is 5.77. The summed E-state index contributed by atoms with van der Waals surface area (Å²) in [6.45, 7) is 6.98. The molecule has 1 aromatic heterocycles. The zero-order valence-corrected chi connectivity index (χ0v) is 12.0. The summed E-state index contributed by atoms with van der Waals surface area (Å²) in [5.41, 5.74) is 7.38. The zero-order valence-electron chi connectivity index (χ0n) is 12.0. The summed E-state index contributed by atoms with van der Waals surface area (Å²) in [7, 11) is 0. The van der Waals surface area contributed by atoms with Gasteiger partial charge in [0.1, 0.15) is 0 Å². The first-order valence-corrected chi connectivity index (χ1v) is 7.13. The number of aryl methyl sites for hydroxylation is 1. The van der Waals surface area contributed by atoms with Gasteiger partial charge in [0.25, 0.3) is 0 Å². The molecule has 0 saturated carbocycles. The molecule has 1 aliphatic heterocycles. The first-order valence-electron chi connectivity index (χ1n) is 7.13. The minimum Gasteiger partial charge on any atom is -0.332 e. The number of rotatable bonds is 3. The quantitative estimate of drug-likeness (QED) is 0.903. The zero-order chi connectivity index (χ0) is 14.0. The fourth-order valence-corrected chi connectivity index (χ4v) is 2.86. The average Bonchev–Trinajstić information content (AvgIpc) is 2.77. The van der Waals surface area contributed by atoms with Gasteiger partial charge in [-0.25, -0.2) is 0 Å². The summed E-state index contributed by atoms with van der Waals surface area (Å²) < 4.78 is 1.88. The molecule has 2 rings (SSSR count). The highest BCUT2D eigenvalue weighted by atomic mass is 16.2. The number of likely N-dealkylation sites (tertiary alicyclic amines) is 1. The lowest BCUT2D eigenvalue weighted by molar-refractivity contribution is -0.135. The molecule has 106 valence electrons. The molecule has 1 saturated heterocycles. The molecule has 2 N–H and O–H groups in total. The smallest absolute Gasteiger partial charge is 0.223 e. The molecular weight excluding hydrogens is 240 g/mol. The van der Waals surface area contributed by atoms with E-state index < -0.39 is 0 Å². The summed E-state index contributed by atoms with van der Waals surface area (Å²) in [4.78, 5) is 14.2. The molecule has 0 radical (unpaired) electrons. The molecule has 0 aliphatic carbocycles. The van der Waals surface area contributed by atoms with Gasteiger partial charge >= 0.3 is 0 Å². The van der Waals surface area contributed by atoms with Crippen molar-refractivity contribution in [2.45, 2.75) is 64.7 Å². The van der Waals surface area contributed by atoms with Crippen LogP contribution in [0, 0.1) is 0 Å². The second kappa shape index (κ2) is 5.74. The van der Waals surface area contributed by atoms with Crippen molar-refractivity contribution >= 4 is 5.91 Å². The highest BCUT2D eigenvalue weighted by Crippen LogP contribution is 2.31. The molecule has 2 atom stereocenters. The minimum atomic E-state index is -0.0460. The highest BCUT2D eigenvalue weighted by Gasteiger charge is 2.34. The number of carbonyl (C=O) groups is 1. The van der Waals surface area contributed by atoms with Crippen molar-refractivity contribution in [1.82, 2.24) is 14.7 Å². The normalized spacial score (nSPS) is 24.9. The Morgan fingerprint density at radius 3 is 2.84 bits per heavy atom. The molecular formula is C14H24N4O. The first-order chi connectivity index (χ1) is 9.04. The van der Waals surface area contributed by atoms with Gasteiger partial charge in [-0.15, -0.1) is 0 Å². The molecule has 1 fully saturated rings. The molecule has 1 amide bonds. The number of nitrogens with zero attached hydrogens (tertiary/aromatic N) is 3. The molecule has 2 unspecified atom stereocenters. The third-order valence-corrected chi connectivity index (χ3v) is 3.80. The number of aromatic nitrogens is 2. The molecule has 19 heavy (non-hydrogen) atoms. The van der Waals surface area contributed by atoms with Crippen LogP contribution < -0.4 is 5.73 Å². The van der Waals surface area contributed by atoms with E-state index in [1.807, 2.05) is 35.8 Å². The molecule has 1 aromatic rings. The van der Waals surface area contributed by atoms with Crippen molar-refractivity contribution in [2.24, 2.45) is 5.73 Å². The summed E-state index contributed by atoms with van der Waals surface area (Å²) in [6, 6.07) is 0.102. The van der Waals surface area contributed by atoms with Gasteiger partial charge in [-0.1, -0.05) is 0 Å². The monoisotopic (exact) mass is 264 g/mol. The van der Waals surface area contributed by atoms with Gasteiger partial charge in [-0.05, 0) is 33.6 Å². The maximum Gasteiger partial charge on any atom is 0.223 e. The number of hydrogen-bond donors (Lipinski definition) is 1. The average molecular weight is 264 g/mol. The van der Waals surface area contributed by atoms with E-state index in [9.17, 15) is 4.79 Å². The topological polar surface area (TPSA) is 64.2 Å². The standard InChI is InChI=1S/C14H24N4O/c1-4-17-9-11(8-16-17)14-12(15)6-5-7-13(19)18(14)10(2)3/h8-10,12,14H,4-7,15H2,1-3H3. The van der Waals surface area contributed by atoms with E-state index in [2.05, 4.69) is 12.0 Å². The van der Waals surface area contributed by atoms with Crippen LogP contribution in [0.25, 0.3) is 0 Å². The van der Waals surface area contributed by atoms with Crippen LogP contribution in [0.3, 0.4) is 0 Å². The number of hydrogen-bond acceptors (Lipinski definition) is 3. The molecule has 0 bridgehead atoms. The fraction of sp³-hybridized carbons (Fsp3) is 0.714. The lowest BCUT2D eigenvalue weighted by Gasteiger charge is -2.36. The van der Waals surface area contributed by atoms with E-state index in [0.29, 0.717) is 6.42 Å². The van der Waals surface area contributed by atoms with Gasteiger partial charge in [0.05, 0.1) is 12.2 Å². The summed E-state index contributed by atoms with van der Waals surface area (Å²) >= 11 is 0. The third kappa shape index (κ3) is 2.81. The minimum absolute atomic E-state index is 0.0108. The second-order valence-corrected chi connectivity index (χ2v) is 5.53. The van der Waals surface area contributed by atoms with Crippen molar-refractivity contribution < 1.29 is 4.79 Å². The molecule has 1 aliphatic rings. The summed E-state index contributed by atoms with van der Waals surface area (Å²) in [6.07, 6.45) is 6.23. The van der Waals surface area contributed by atoms with Crippen LogP contribution in [-0.2, 0) is 11.3 Å². The van der Waals surface area contributed by atoms with Crippen LogP contribution in [0.2, 0.25) is 0 Å². The Bertz CT molecular complexity index is 440. The van der Waals surface area contributed by atoms with Gasteiger partial charge in [0.15, 0.2) is 0 Å². The lowest BCUT2D eigenvalue weighted by atomic mass is 9.98. The van der Waals surface area contributed by atoms with Gasteiger partial charge < -0.3 is 10.6 Å². The second-order valence-electron chi connectivity index (χ2n) is 5.53. The Kier molecular flexibility index (Phi) is 4.24. The van der Waals surface area contributed by atoms with Gasteiger partial charge in [0, 0.05) is 36.8 Å². The van der Waals surface area contributed by atoms with Crippen LogP contribution in [-0.4, -0.2) is 32.7 Å². The van der Waals surface area contributed by atoms with E-state index in [-0.39, 0.29) is 24.0 Å². The molecule has 5 heteroatoms. The van der Waals surface area contributed by atoms with Gasteiger partial charge in [-0.2, -0.15) is 5.10 Å². The molecule has 2 heterocycles. The Balaban J connectivity index is 2.37. The third-order valence-electron chi connectivity index (χ3n) is 3.80. The van der Waals surface area contributed by atoms with Crippen molar-refractivity contribution in [1.29, 1.82) is 0 Å². The van der Waals surface area contributed by atoms with Crippen LogP contribution >= 0.6 is 0 Å². The molecule has 0 spiro atoms. The summed E-state index contributed by atoms with van der Waals surface area (Å²) in [5, 5.41) is 4.32. The Labute approximate surface area is 114 Å². The van der Waals surface area contributed by atoms with Crippen molar-refractivity contribution in [3.8, 4) is 0 Å². The Morgan fingerprint density at radius 1 is 1.53 bits per heavy atom. The van der Waals surface area contributed by atoms with Crippen LogP contribution in [0.5, 0.6) is 0 Å². The van der Waals surface area contributed by atoms with Crippen molar-refractivity contribution in [2.75, 3.05) is 0 Å². The first kappa shape index (κ1) is 14.1. The summed E-state index contributed by atoms with van der Waals surface area (Å²) in [5.74, 6) is 0.206. The van der Waals surface area contributed by atoms with E-state index >= 15 is 0 Å². The van der Waals surface area contributed by atoms with E-state index in [0.717, 1.165) is 24.9 Å². The maximum atomic E-state index is 12.3. The van der Waals surface area contributed by atoms with E-state index in [1.54, 1.807) is 0 Å². The van der Waals surface area contributed by atoms with E-state index in [1.165, 1.54) is 0 Å². The lowest BCUT2D eigenvalue weighted by Crippen LogP contribution is -2.45. The fourth-order valence-electron chi connectivity index (χ4n) is 2.86. The number of nitrogens with two attached hydrogens (primary N) is 1. The SMILES string of the molecule is CCn1cc(C2C(N)CCCC(=O)N2C(C)C)cn1. The number of amides is 1. The van der Waals surface area contributed by atoms with E-state index in [4.69, 9.17) is 5.73 Å². The Hall–Kier alpha value is -1.36. The van der Waals surface area contributed by atoms with Crippen LogP contribution in [0.15, 0.2) is 12.4 Å². The van der Waals surface area contributed by atoms with Gasteiger partial charge in [0.2, 0.25) is 5.91 Å². The van der Waals surface area contributed by atoms with Crippen LogP contribution in [0.4, 0.5) is 0 Å². The maximum absolute atomic E-state index is 12.3. The predicted molar refractivity (Wildman–Crippen MR) is 74.5 cm³/mol. The van der Waals surface area contributed by atoms with Gasteiger partial charge in [-0.3, -0.25) is 9.48 Å². The predicted octanol–water partition coefficient (Wildman–Crippen LogP) is 1.69. The molecule has 0 aromatic carbocycles. The Morgan fingerprint density at radius 2 is 2.26 bits per heavy atom. The van der Waals surface area contributed by atoms with Crippen molar-refractivity contribution in [3.05, 3.63) is 18.0 Å². The number of carbonyl (C=O) groups excluding carboxylic acids is 1. The largest absolute Gasteiger partial charge is 0.332 e.